The van der Waals surface area contributed by atoms with Gasteiger partial charge in [0, 0.05) is 12.5 Å². The summed E-state index contributed by atoms with van der Waals surface area (Å²) in [7, 11) is 0. The Kier molecular flexibility index (Phi) is 3.28. The molecule has 1 atom stereocenters. The molecule has 1 rings (SSSR count). The summed E-state index contributed by atoms with van der Waals surface area (Å²) in [4.78, 5) is 24.0. The Morgan fingerprint density at radius 1 is 1.69 bits per heavy atom. The van der Waals surface area contributed by atoms with Crippen molar-refractivity contribution < 1.29 is 14.3 Å². The summed E-state index contributed by atoms with van der Waals surface area (Å²) in [6.45, 7) is 4.80. The largest absolute Gasteiger partial charge is 0.465 e. The van der Waals surface area contributed by atoms with Gasteiger partial charge in [-0.05, 0) is 13.3 Å². The smallest absolute Gasteiger partial charge is 0.325 e. The van der Waals surface area contributed by atoms with Crippen molar-refractivity contribution in [2.24, 2.45) is 5.92 Å². The van der Waals surface area contributed by atoms with Gasteiger partial charge >= 0.3 is 5.97 Å². The Morgan fingerprint density at radius 2 is 2.38 bits per heavy atom. The first kappa shape index (κ1) is 10.0. The second kappa shape index (κ2) is 4.25. The minimum atomic E-state index is -0.315. The molecule has 0 aromatic rings. The fourth-order valence-electron chi connectivity index (χ4n) is 1.41. The lowest BCUT2D eigenvalue weighted by atomic mass is 10.1. The average Bonchev–Trinajstić information content (AvgIpc) is 2.37. The van der Waals surface area contributed by atoms with Crippen LogP contribution in [0.1, 0.15) is 20.3 Å². The van der Waals surface area contributed by atoms with E-state index in [9.17, 15) is 9.59 Å². The minimum Gasteiger partial charge on any atom is -0.465 e. The van der Waals surface area contributed by atoms with Gasteiger partial charge in [0.2, 0.25) is 5.91 Å². The Balaban J connectivity index is 2.38. The van der Waals surface area contributed by atoms with Gasteiger partial charge in [-0.25, -0.2) is 0 Å². The fraction of sp³-hybridized carbons (Fsp3) is 0.778. The molecule has 0 bridgehead atoms. The van der Waals surface area contributed by atoms with Crippen molar-refractivity contribution in [1.29, 1.82) is 0 Å². The number of carbonyl (C=O) groups excluding carboxylic acids is 2. The topological polar surface area (TPSA) is 46.6 Å². The van der Waals surface area contributed by atoms with E-state index < -0.39 is 0 Å². The first-order valence-corrected chi connectivity index (χ1v) is 4.59. The Hall–Kier alpha value is -1.06. The average molecular weight is 185 g/mol. The van der Waals surface area contributed by atoms with Gasteiger partial charge in [-0.2, -0.15) is 0 Å². The lowest BCUT2D eigenvalue weighted by Gasteiger charge is -2.14. The number of esters is 1. The first-order valence-electron chi connectivity index (χ1n) is 4.59. The molecule has 1 aliphatic heterocycles. The van der Waals surface area contributed by atoms with Gasteiger partial charge in [0.1, 0.15) is 6.54 Å². The lowest BCUT2D eigenvalue weighted by molar-refractivity contribution is -0.148. The maximum absolute atomic E-state index is 11.4. The quantitative estimate of drug-likeness (QED) is 0.598. The van der Waals surface area contributed by atoms with E-state index in [1.54, 1.807) is 11.8 Å². The second-order valence-electron chi connectivity index (χ2n) is 3.25. The molecule has 1 fully saturated rings. The number of nitrogens with zero attached hydrogens (tertiary/aromatic N) is 1. The molecule has 13 heavy (non-hydrogen) atoms. The molecular formula is C9H15NO3. The zero-order chi connectivity index (χ0) is 9.84. The Labute approximate surface area is 77.8 Å². The van der Waals surface area contributed by atoms with Crippen molar-refractivity contribution >= 4 is 11.9 Å². The number of hydrogen-bond donors (Lipinski definition) is 0. The van der Waals surface area contributed by atoms with E-state index in [0.29, 0.717) is 13.2 Å². The summed E-state index contributed by atoms with van der Waals surface area (Å²) in [5.74, 6) is -0.188. The predicted octanol–water partition coefficient (Wildman–Crippen LogP) is 0.418. The van der Waals surface area contributed by atoms with Gasteiger partial charge in [0.15, 0.2) is 0 Å². The highest BCUT2D eigenvalue weighted by Gasteiger charge is 2.29. The van der Waals surface area contributed by atoms with E-state index in [4.69, 9.17) is 4.74 Å². The molecule has 0 N–H and O–H groups in total. The van der Waals surface area contributed by atoms with Crippen LogP contribution >= 0.6 is 0 Å². The molecule has 0 unspecified atom stereocenters. The third-order valence-corrected chi connectivity index (χ3v) is 2.19. The van der Waals surface area contributed by atoms with Gasteiger partial charge in [-0.15, -0.1) is 0 Å². The molecule has 0 spiro atoms. The number of rotatable bonds is 3. The first-order chi connectivity index (χ1) is 6.15. The van der Waals surface area contributed by atoms with Crippen LogP contribution < -0.4 is 0 Å². The number of ether oxygens (including phenoxy) is 1. The van der Waals surface area contributed by atoms with Crippen LogP contribution in [0.2, 0.25) is 0 Å². The van der Waals surface area contributed by atoms with Crippen LogP contribution in [0.3, 0.4) is 0 Å². The monoisotopic (exact) mass is 185 g/mol. The normalized spacial score (nSPS) is 22.2. The maximum Gasteiger partial charge on any atom is 0.325 e. The second-order valence-corrected chi connectivity index (χ2v) is 3.25. The van der Waals surface area contributed by atoms with E-state index in [1.165, 1.54) is 0 Å². The summed E-state index contributed by atoms with van der Waals surface area (Å²) in [6, 6.07) is 0. The molecule has 1 saturated heterocycles. The maximum atomic E-state index is 11.4. The third kappa shape index (κ3) is 2.44. The summed E-state index contributed by atoms with van der Waals surface area (Å²) in [5, 5.41) is 0. The van der Waals surface area contributed by atoms with Gasteiger partial charge in [-0.3, -0.25) is 9.59 Å². The van der Waals surface area contributed by atoms with Crippen LogP contribution in [0.5, 0.6) is 0 Å². The molecule has 74 valence electrons. The van der Waals surface area contributed by atoms with Crippen molar-refractivity contribution in [3.8, 4) is 0 Å². The zero-order valence-corrected chi connectivity index (χ0v) is 8.08. The van der Waals surface area contributed by atoms with Crippen molar-refractivity contribution in [3.63, 3.8) is 0 Å². The summed E-state index contributed by atoms with van der Waals surface area (Å²) in [5.41, 5.74) is 0. The van der Waals surface area contributed by atoms with Crippen molar-refractivity contribution in [3.05, 3.63) is 0 Å². The standard InChI is InChI=1S/C9H15NO3/c1-3-13-8(11)6-10-5-4-7(2)9(10)12/h7H,3-6H2,1-2H3/t7-/m0/s1. The van der Waals surface area contributed by atoms with Crippen LogP contribution in [0.25, 0.3) is 0 Å². The predicted molar refractivity (Wildman–Crippen MR) is 47.0 cm³/mol. The van der Waals surface area contributed by atoms with Crippen molar-refractivity contribution in [2.75, 3.05) is 19.7 Å². The molecule has 1 amide bonds. The molecule has 4 nitrogen and oxygen atoms in total. The van der Waals surface area contributed by atoms with E-state index >= 15 is 0 Å². The van der Waals surface area contributed by atoms with Crippen LogP contribution in [0.15, 0.2) is 0 Å². The van der Waals surface area contributed by atoms with Crippen LogP contribution in [0.4, 0.5) is 0 Å². The molecule has 0 radical (unpaired) electrons. The van der Waals surface area contributed by atoms with Crippen molar-refractivity contribution in [1.82, 2.24) is 4.90 Å². The zero-order valence-electron chi connectivity index (χ0n) is 8.08. The summed E-state index contributed by atoms with van der Waals surface area (Å²) in [6.07, 6.45) is 0.845. The third-order valence-electron chi connectivity index (χ3n) is 2.19. The minimum absolute atomic E-state index is 0.0630. The number of carbonyl (C=O) groups is 2. The molecule has 4 heteroatoms. The molecule has 1 aliphatic rings. The van der Waals surface area contributed by atoms with Crippen LogP contribution in [-0.2, 0) is 14.3 Å². The van der Waals surface area contributed by atoms with Gasteiger partial charge in [0.05, 0.1) is 6.61 Å². The molecule has 0 saturated carbocycles. The van der Waals surface area contributed by atoms with E-state index in [1.807, 2.05) is 6.92 Å². The molecule has 0 aromatic carbocycles. The number of likely N-dealkylation sites (tertiary alicyclic amines) is 1. The Bertz CT molecular complexity index is 215. The fourth-order valence-corrected chi connectivity index (χ4v) is 1.41. The summed E-state index contributed by atoms with van der Waals surface area (Å²) < 4.78 is 4.75. The van der Waals surface area contributed by atoms with E-state index in [-0.39, 0.29) is 24.3 Å². The Morgan fingerprint density at radius 3 is 2.85 bits per heavy atom. The molecule has 0 aliphatic carbocycles. The molecule has 1 heterocycles. The number of amides is 1. The summed E-state index contributed by atoms with van der Waals surface area (Å²) >= 11 is 0. The van der Waals surface area contributed by atoms with E-state index in [2.05, 4.69) is 0 Å². The highest BCUT2D eigenvalue weighted by Crippen LogP contribution is 2.16. The molecule has 0 aromatic heterocycles. The lowest BCUT2D eigenvalue weighted by Crippen LogP contribution is -2.33. The van der Waals surface area contributed by atoms with Crippen LogP contribution in [0, 0.1) is 5.92 Å². The highest BCUT2D eigenvalue weighted by atomic mass is 16.5. The number of hydrogen-bond acceptors (Lipinski definition) is 3. The van der Waals surface area contributed by atoms with Gasteiger partial charge in [-0.1, -0.05) is 6.92 Å². The van der Waals surface area contributed by atoms with Gasteiger partial charge < -0.3 is 9.64 Å². The molecular weight excluding hydrogens is 170 g/mol. The SMILES string of the molecule is CCOC(=O)CN1CC[C@H](C)C1=O. The van der Waals surface area contributed by atoms with Crippen LogP contribution in [-0.4, -0.2) is 36.5 Å². The van der Waals surface area contributed by atoms with Crippen molar-refractivity contribution in [2.45, 2.75) is 20.3 Å². The van der Waals surface area contributed by atoms with Gasteiger partial charge in [0.25, 0.3) is 0 Å². The highest BCUT2D eigenvalue weighted by molar-refractivity contribution is 5.84. The van der Waals surface area contributed by atoms with E-state index in [0.717, 1.165) is 6.42 Å².